The Labute approximate surface area is 135 Å². The van der Waals surface area contributed by atoms with Crippen molar-refractivity contribution in [3.05, 3.63) is 35.4 Å². The molecule has 1 fully saturated rings. The lowest BCUT2D eigenvalue weighted by molar-refractivity contribution is 0.0906. The van der Waals surface area contributed by atoms with Crippen LogP contribution in [-0.2, 0) is 6.42 Å². The summed E-state index contributed by atoms with van der Waals surface area (Å²) in [6.07, 6.45) is 2.96. The molecule has 0 spiro atoms. The summed E-state index contributed by atoms with van der Waals surface area (Å²) in [5, 5.41) is 13.9. The lowest BCUT2D eigenvalue weighted by atomic mass is 9.97. The fourth-order valence-corrected chi connectivity index (χ4v) is 3.13. The molecule has 0 aliphatic carbocycles. The first-order chi connectivity index (χ1) is 10.4. The van der Waals surface area contributed by atoms with Gasteiger partial charge in [-0.1, -0.05) is 31.2 Å². The molecule has 3 heteroatoms. The van der Waals surface area contributed by atoms with Gasteiger partial charge in [-0.05, 0) is 51.2 Å². The highest BCUT2D eigenvalue weighted by atomic mass is 16.3. The van der Waals surface area contributed by atoms with Gasteiger partial charge < -0.3 is 10.4 Å². The van der Waals surface area contributed by atoms with Crippen molar-refractivity contribution < 1.29 is 5.11 Å². The smallest absolute Gasteiger partial charge is 0.0914 e. The third-order valence-electron chi connectivity index (χ3n) is 4.82. The lowest BCUT2D eigenvalue weighted by Gasteiger charge is -2.41. The minimum absolute atomic E-state index is 0.269. The molecule has 0 radical (unpaired) electrons. The first-order valence-electron chi connectivity index (χ1n) is 8.65. The number of aryl methyl sites for hydroxylation is 1. The topological polar surface area (TPSA) is 35.5 Å². The van der Waals surface area contributed by atoms with Crippen LogP contribution in [0.15, 0.2) is 24.3 Å². The molecule has 2 N–H and O–H groups in total. The zero-order valence-electron chi connectivity index (χ0n) is 14.6. The molecule has 0 amide bonds. The Balaban J connectivity index is 1.76. The second kappa shape index (κ2) is 7.58. The first-order valence-corrected chi connectivity index (χ1v) is 8.65. The van der Waals surface area contributed by atoms with Crippen molar-refractivity contribution in [2.24, 2.45) is 0 Å². The van der Waals surface area contributed by atoms with Gasteiger partial charge in [-0.15, -0.1) is 0 Å². The van der Waals surface area contributed by atoms with Gasteiger partial charge in [-0.2, -0.15) is 0 Å². The Morgan fingerprint density at radius 3 is 2.27 bits per heavy atom. The Kier molecular flexibility index (Phi) is 6.01. The molecular weight excluding hydrogens is 272 g/mol. The van der Waals surface area contributed by atoms with Gasteiger partial charge in [0.1, 0.15) is 0 Å². The summed E-state index contributed by atoms with van der Waals surface area (Å²) in [4.78, 5) is 2.55. The maximum atomic E-state index is 10.3. The molecule has 1 aromatic rings. The molecule has 0 aromatic heterocycles. The molecule has 1 aromatic carbocycles. The van der Waals surface area contributed by atoms with E-state index in [1.54, 1.807) is 0 Å². The summed E-state index contributed by atoms with van der Waals surface area (Å²) >= 11 is 0. The maximum Gasteiger partial charge on any atom is 0.0914 e. The van der Waals surface area contributed by atoms with Gasteiger partial charge in [0, 0.05) is 31.2 Å². The van der Waals surface area contributed by atoms with E-state index >= 15 is 0 Å². The Hall–Kier alpha value is -0.900. The number of hydrogen-bond acceptors (Lipinski definition) is 3. The number of likely N-dealkylation sites (tertiary alicyclic amines) is 1. The van der Waals surface area contributed by atoms with Crippen LogP contribution in [0, 0.1) is 0 Å². The summed E-state index contributed by atoms with van der Waals surface area (Å²) in [6.45, 7) is 11.9. The van der Waals surface area contributed by atoms with Crippen molar-refractivity contribution in [1.29, 1.82) is 0 Å². The van der Waals surface area contributed by atoms with Crippen LogP contribution in [0.1, 0.15) is 57.8 Å². The highest BCUT2D eigenvalue weighted by molar-refractivity contribution is 5.24. The Bertz CT molecular complexity index is 441. The lowest BCUT2D eigenvalue weighted by Crippen LogP contribution is -2.50. The van der Waals surface area contributed by atoms with Crippen molar-refractivity contribution >= 4 is 0 Å². The molecule has 3 nitrogen and oxygen atoms in total. The van der Waals surface area contributed by atoms with Crippen molar-refractivity contribution in [3.63, 3.8) is 0 Å². The van der Waals surface area contributed by atoms with Crippen molar-refractivity contribution in [1.82, 2.24) is 10.2 Å². The molecule has 0 saturated carbocycles. The highest BCUT2D eigenvalue weighted by Crippen LogP contribution is 2.20. The molecule has 1 aliphatic rings. The van der Waals surface area contributed by atoms with Gasteiger partial charge in [-0.25, -0.2) is 0 Å². The zero-order chi connectivity index (χ0) is 16.2. The van der Waals surface area contributed by atoms with E-state index in [2.05, 4.69) is 50.0 Å². The second-order valence-corrected chi connectivity index (χ2v) is 7.45. The van der Waals surface area contributed by atoms with Crippen molar-refractivity contribution in [2.45, 2.75) is 64.6 Å². The molecular formula is C19H32N2O. The van der Waals surface area contributed by atoms with Gasteiger partial charge in [0.2, 0.25) is 0 Å². The number of nitrogens with one attached hydrogen (secondary N) is 1. The molecule has 1 heterocycles. The van der Waals surface area contributed by atoms with Gasteiger partial charge in [0.25, 0.3) is 0 Å². The number of aliphatic hydroxyl groups excluding tert-OH is 1. The monoisotopic (exact) mass is 304 g/mol. The minimum Gasteiger partial charge on any atom is -0.387 e. The predicted molar refractivity (Wildman–Crippen MR) is 93.1 cm³/mol. The van der Waals surface area contributed by atoms with Gasteiger partial charge in [-0.3, -0.25) is 4.90 Å². The van der Waals surface area contributed by atoms with Crippen molar-refractivity contribution in [3.8, 4) is 0 Å². The largest absolute Gasteiger partial charge is 0.387 e. The third-order valence-corrected chi connectivity index (χ3v) is 4.82. The Morgan fingerprint density at radius 1 is 1.18 bits per heavy atom. The van der Waals surface area contributed by atoms with Crippen LogP contribution in [0.25, 0.3) is 0 Å². The molecule has 1 unspecified atom stereocenters. The number of aliphatic hydroxyl groups is 1. The van der Waals surface area contributed by atoms with E-state index in [0.717, 1.165) is 25.1 Å². The summed E-state index contributed by atoms with van der Waals surface area (Å²) in [7, 11) is 0. The average molecular weight is 304 g/mol. The maximum absolute atomic E-state index is 10.3. The summed E-state index contributed by atoms with van der Waals surface area (Å²) in [6, 6.07) is 8.85. The van der Waals surface area contributed by atoms with Crippen LogP contribution in [0.5, 0.6) is 0 Å². The van der Waals surface area contributed by atoms with Crippen LogP contribution in [0.2, 0.25) is 0 Å². The quantitative estimate of drug-likeness (QED) is 0.877. The van der Waals surface area contributed by atoms with E-state index in [9.17, 15) is 5.11 Å². The Morgan fingerprint density at radius 2 is 1.77 bits per heavy atom. The average Bonchev–Trinajstić information content (AvgIpc) is 2.52. The fraction of sp³-hybridized carbons (Fsp3) is 0.684. The SMILES string of the molecule is CCc1ccc(C(O)CNC2CCN(C(C)(C)C)CC2)cc1. The molecule has 1 atom stereocenters. The molecule has 1 saturated heterocycles. The van der Waals surface area contributed by atoms with E-state index < -0.39 is 6.10 Å². The minimum atomic E-state index is -0.411. The van der Waals surface area contributed by atoms with E-state index in [4.69, 9.17) is 0 Å². The number of rotatable bonds is 5. The zero-order valence-corrected chi connectivity index (χ0v) is 14.6. The van der Waals surface area contributed by atoms with Gasteiger partial charge in [0.05, 0.1) is 6.10 Å². The van der Waals surface area contributed by atoms with Gasteiger partial charge >= 0.3 is 0 Å². The van der Waals surface area contributed by atoms with Crippen LogP contribution >= 0.6 is 0 Å². The standard InChI is InChI=1S/C19H32N2O/c1-5-15-6-8-16(9-7-15)18(22)14-20-17-10-12-21(13-11-17)19(2,3)4/h6-9,17-18,20,22H,5,10-14H2,1-4H3. The third kappa shape index (κ3) is 4.80. The van der Waals surface area contributed by atoms with Crippen LogP contribution in [0.4, 0.5) is 0 Å². The number of hydrogen-bond donors (Lipinski definition) is 2. The fourth-order valence-electron chi connectivity index (χ4n) is 3.13. The number of piperidine rings is 1. The number of nitrogens with zero attached hydrogens (tertiary/aromatic N) is 1. The molecule has 2 rings (SSSR count). The summed E-state index contributed by atoms with van der Waals surface area (Å²) in [5.41, 5.74) is 2.60. The normalized spacial score (nSPS) is 19.3. The van der Waals surface area contributed by atoms with E-state index in [1.807, 2.05) is 12.1 Å². The molecule has 0 bridgehead atoms. The molecule has 1 aliphatic heterocycles. The van der Waals surface area contributed by atoms with E-state index in [0.29, 0.717) is 12.6 Å². The predicted octanol–water partition coefficient (Wildman–Crippen LogP) is 3.13. The van der Waals surface area contributed by atoms with Crippen LogP contribution < -0.4 is 5.32 Å². The van der Waals surface area contributed by atoms with Gasteiger partial charge in [0.15, 0.2) is 0 Å². The summed E-state index contributed by atoms with van der Waals surface area (Å²) in [5.74, 6) is 0. The van der Waals surface area contributed by atoms with Crippen molar-refractivity contribution in [2.75, 3.05) is 19.6 Å². The van der Waals surface area contributed by atoms with Crippen LogP contribution in [0.3, 0.4) is 0 Å². The van der Waals surface area contributed by atoms with E-state index in [-0.39, 0.29) is 5.54 Å². The number of benzene rings is 1. The van der Waals surface area contributed by atoms with E-state index in [1.165, 1.54) is 18.4 Å². The molecule has 22 heavy (non-hydrogen) atoms. The highest BCUT2D eigenvalue weighted by Gasteiger charge is 2.26. The summed E-state index contributed by atoms with van der Waals surface area (Å²) < 4.78 is 0. The molecule has 124 valence electrons. The van der Waals surface area contributed by atoms with Crippen LogP contribution in [-0.4, -0.2) is 41.2 Å². The second-order valence-electron chi connectivity index (χ2n) is 7.45. The first kappa shape index (κ1) is 17.5.